The van der Waals surface area contributed by atoms with Gasteiger partial charge in [0, 0.05) is 5.69 Å². The molecule has 3 aromatic carbocycles. The van der Waals surface area contributed by atoms with Crippen LogP contribution in [0, 0.1) is 6.92 Å². The number of carbonyl (C=O) groups excluding carboxylic acids is 1. The van der Waals surface area contributed by atoms with Crippen molar-refractivity contribution in [2.45, 2.75) is 50.5 Å². The standard InChI is InChI=1S/C27H32N2O4S/c1-4-5-9-21-13-15-23(16-14-21)28-27(30)24(19-22-10-7-6-8-11-22)29-34(31,32)26-18-20(2)12-17-25(26)33-3/h6-8,10-18,24,29H,4-5,9,19H2,1-3H3,(H,28,30). The molecule has 7 heteroatoms. The molecule has 34 heavy (non-hydrogen) atoms. The van der Waals surface area contributed by atoms with E-state index in [9.17, 15) is 13.2 Å². The maximum absolute atomic E-state index is 13.3. The van der Waals surface area contributed by atoms with E-state index in [2.05, 4.69) is 17.0 Å². The van der Waals surface area contributed by atoms with Crippen molar-refractivity contribution in [1.82, 2.24) is 4.72 Å². The van der Waals surface area contributed by atoms with Crippen LogP contribution >= 0.6 is 0 Å². The van der Waals surface area contributed by atoms with Gasteiger partial charge in [-0.05, 0) is 67.1 Å². The lowest BCUT2D eigenvalue weighted by atomic mass is 10.1. The Morgan fingerprint density at radius 2 is 1.68 bits per heavy atom. The van der Waals surface area contributed by atoms with Crippen LogP contribution in [0.4, 0.5) is 5.69 Å². The molecule has 3 rings (SSSR count). The van der Waals surface area contributed by atoms with Gasteiger partial charge in [-0.3, -0.25) is 4.79 Å². The SMILES string of the molecule is CCCCc1ccc(NC(=O)C(Cc2ccccc2)NS(=O)(=O)c2cc(C)ccc2OC)cc1. The Morgan fingerprint density at radius 3 is 2.32 bits per heavy atom. The minimum absolute atomic E-state index is 0.00105. The number of hydrogen-bond acceptors (Lipinski definition) is 4. The van der Waals surface area contributed by atoms with Crippen molar-refractivity contribution in [1.29, 1.82) is 0 Å². The van der Waals surface area contributed by atoms with E-state index in [1.807, 2.05) is 54.6 Å². The van der Waals surface area contributed by atoms with Crippen LogP contribution < -0.4 is 14.8 Å². The number of anilines is 1. The fraction of sp³-hybridized carbons (Fsp3) is 0.296. The average Bonchev–Trinajstić information content (AvgIpc) is 2.83. The molecule has 2 N–H and O–H groups in total. The van der Waals surface area contributed by atoms with Crippen LogP contribution in [0.15, 0.2) is 77.7 Å². The van der Waals surface area contributed by atoms with Crippen LogP contribution in [0.25, 0.3) is 0 Å². The molecule has 0 saturated heterocycles. The lowest BCUT2D eigenvalue weighted by molar-refractivity contribution is -0.117. The Morgan fingerprint density at radius 1 is 0.971 bits per heavy atom. The molecule has 0 aliphatic rings. The van der Waals surface area contributed by atoms with Crippen molar-refractivity contribution < 1.29 is 17.9 Å². The van der Waals surface area contributed by atoms with Crippen LogP contribution in [0.2, 0.25) is 0 Å². The van der Waals surface area contributed by atoms with Crippen molar-refractivity contribution in [3.8, 4) is 5.75 Å². The zero-order chi connectivity index (χ0) is 24.6. The highest BCUT2D eigenvalue weighted by atomic mass is 32.2. The second kappa shape index (κ2) is 11.8. The van der Waals surface area contributed by atoms with Crippen LogP contribution in [-0.4, -0.2) is 27.5 Å². The first kappa shape index (κ1) is 25.5. The van der Waals surface area contributed by atoms with E-state index in [0.717, 1.165) is 30.4 Å². The third-order valence-corrected chi connectivity index (χ3v) is 7.04. The Balaban J connectivity index is 1.85. The average molecular weight is 481 g/mol. The van der Waals surface area contributed by atoms with E-state index in [0.29, 0.717) is 5.69 Å². The number of hydrogen-bond donors (Lipinski definition) is 2. The van der Waals surface area contributed by atoms with Gasteiger partial charge in [0.05, 0.1) is 7.11 Å². The van der Waals surface area contributed by atoms with Gasteiger partial charge in [-0.2, -0.15) is 4.72 Å². The summed E-state index contributed by atoms with van der Waals surface area (Å²) < 4.78 is 34.5. The summed E-state index contributed by atoms with van der Waals surface area (Å²) in [4.78, 5) is 13.2. The van der Waals surface area contributed by atoms with Gasteiger partial charge in [-0.1, -0.05) is 61.9 Å². The first-order valence-electron chi connectivity index (χ1n) is 11.4. The highest BCUT2D eigenvalue weighted by Gasteiger charge is 2.28. The van der Waals surface area contributed by atoms with Gasteiger partial charge in [0.25, 0.3) is 0 Å². The van der Waals surface area contributed by atoms with Gasteiger partial charge in [0.1, 0.15) is 16.7 Å². The third kappa shape index (κ3) is 6.92. The molecule has 3 aromatic rings. The molecular weight excluding hydrogens is 448 g/mol. The van der Waals surface area contributed by atoms with Crippen molar-refractivity contribution in [3.05, 3.63) is 89.5 Å². The molecular formula is C27H32N2O4S. The molecule has 0 spiro atoms. The predicted molar refractivity (Wildman–Crippen MR) is 136 cm³/mol. The first-order chi connectivity index (χ1) is 16.3. The van der Waals surface area contributed by atoms with Crippen LogP contribution in [0.5, 0.6) is 5.75 Å². The van der Waals surface area contributed by atoms with Gasteiger partial charge in [-0.25, -0.2) is 8.42 Å². The lowest BCUT2D eigenvalue weighted by Crippen LogP contribution is -2.45. The monoisotopic (exact) mass is 480 g/mol. The molecule has 6 nitrogen and oxygen atoms in total. The zero-order valence-corrected chi connectivity index (χ0v) is 20.7. The summed E-state index contributed by atoms with van der Waals surface area (Å²) in [5.74, 6) is -0.208. The molecule has 1 unspecified atom stereocenters. The van der Waals surface area contributed by atoms with Gasteiger partial charge in [0.2, 0.25) is 15.9 Å². The number of rotatable bonds is 11. The van der Waals surface area contributed by atoms with E-state index in [1.54, 1.807) is 19.1 Å². The van der Waals surface area contributed by atoms with E-state index in [1.165, 1.54) is 18.7 Å². The summed E-state index contributed by atoms with van der Waals surface area (Å²) in [6.45, 7) is 3.95. The summed E-state index contributed by atoms with van der Waals surface area (Å²) in [5, 5.41) is 2.86. The molecule has 0 fully saturated rings. The number of nitrogens with one attached hydrogen (secondary N) is 2. The fourth-order valence-electron chi connectivity index (χ4n) is 3.65. The number of methoxy groups -OCH3 is 1. The molecule has 1 amide bonds. The summed E-state index contributed by atoms with van der Waals surface area (Å²) in [6, 6.07) is 20.9. The zero-order valence-electron chi connectivity index (χ0n) is 19.9. The Hall–Kier alpha value is -3.16. The van der Waals surface area contributed by atoms with Crippen molar-refractivity contribution in [2.24, 2.45) is 0 Å². The molecule has 0 aliphatic heterocycles. The Labute approximate surface area is 202 Å². The molecule has 0 heterocycles. The van der Waals surface area contributed by atoms with Gasteiger partial charge >= 0.3 is 0 Å². The second-order valence-electron chi connectivity index (χ2n) is 8.31. The minimum atomic E-state index is -4.03. The molecule has 0 bridgehead atoms. The summed E-state index contributed by atoms with van der Waals surface area (Å²) in [7, 11) is -2.62. The highest BCUT2D eigenvalue weighted by Crippen LogP contribution is 2.25. The molecule has 1 atom stereocenters. The second-order valence-corrected chi connectivity index (χ2v) is 9.99. The lowest BCUT2D eigenvalue weighted by Gasteiger charge is -2.20. The van der Waals surface area contributed by atoms with Crippen molar-refractivity contribution in [2.75, 3.05) is 12.4 Å². The minimum Gasteiger partial charge on any atom is -0.495 e. The molecule has 0 saturated carbocycles. The van der Waals surface area contributed by atoms with Crippen molar-refractivity contribution >= 4 is 21.6 Å². The maximum atomic E-state index is 13.3. The van der Waals surface area contributed by atoms with E-state index >= 15 is 0 Å². The van der Waals surface area contributed by atoms with Gasteiger partial charge < -0.3 is 10.1 Å². The quantitative estimate of drug-likeness (QED) is 0.410. The fourth-order valence-corrected chi connectivity index (χ4v) is 5.10. The van der Waals surface area contributed by atoms with Crippen molar-refractivity contribution in [3.63, 3.8) is 0 Å². The molecule has 0 radical (unpaired) electrons. The topological polar surface area (TPSA) is 84.5 Å². The number of aryl methyl sites for hydroxylation is 2. The first-order valence-corrected chi connectivity index (χ1v) is 12.9. The van der Waals surface area contributed by atoms with E-state index < -0.39 is 22.0 Å². The normalized spacial score (nSPS) is 12.2. The highest BCUT2D eigenvalue weighted by molar-refractivity contribution is 7.89. The van der Waals surface area contributed by atoms with Crippen LogP contribution in [0.3, 0.4) is 0 Å². The van der Waals surface area contributed by atoms with E-state index in [4.69, 9.17) is 4.74 Å². The Kier molecular flexibility index (Phi) is 8.85. The summed E-state index contributed by atoms with van der Waals surface area (Å²) in [6.07, 6.45) is 3.41. The number of carbonyl (C=O) groups is 1. The molecule has 0 aromatic heterocycles. The van der Waals surface area contributed by atoms with Crippen LogP contribution in [0.1, 0.15) is 36.5 Å². The van der Waals surface area contributed by atoms with Crippen LogP contribution in [-0.2, 0) is 27.7 Å². The van der Waals surface area contributed by atoms with E-state index in [-0.39, 0.29) is 17.1 Å². The molecule has 0 aliphatic carbocycles. The number of ether oxygens (including phenoxy) is 1. The van der Waals surface area contributed by atoms with Gasteiger partial charge in [-0.15, -0.1) is 0 Å². The smallest absolute Gasteiger partial charge is 0.245 e. The third-order valence-electron chi connectivity index (χ3n) is 5.55. The van der Waals surface area contributed by atoms with Gasteiger partial charge in [0.15, 0.2) is 0 Å². The summed E-state index contributed by atoms with van der Waals surface area (Å²) >= 11 is 0. The maximum Gasteiger partial charge on any atom is 0.245 e. The number of amides is 1. The number of sulfonamides is 1. The summed E-state index contributed by atoms with van der Waals surface area (Å²) in [5.41, 5.74) is 3.44. The molecule has 180 valence electrons. The largest absolute Gasteiger partial charge is 0.495 e. The number of unbranched alkanes of at least 4 members (excludes halogenated alkanes) is 1. The Bertz CT molecular complexity index is 1190. The number of benzene rings is 3. The predicted octanol–water partition coefficient (Wildman–Crippen LogP) is 4.87.